The molecule has 0 aliphatic rings. The molecule has 2 N–H and O–H groups in total. The van der Waals surface area contributed by atoms with Gasteiger partial charge in [0.15, 0.2) is 12.6 Å². The Morgan fingerprint density at radius 2 is 1.36 bits per heavy atom. The number of rotatable bonds is 12. The SMILES string of the molecule is CCOC(C)OC(C)c1ccc(C(=O)O)c(C(=O)O)c1C(C)OC(C)OCC. The Labute approximate surface area is 165 Å². The van der Waals surface area contributed by atoms with Crippen molar-refractivity contribution in [1.82, 2.24) is 0 Å². The molecule has 0 spiro atoms. The Balaban J connectivity index is 3.47. The van der Waals surface area contributed by atoms with E-state index < -0.39 is 36.7 Å². The number of carboxylic acid groups (broad SMARTS) is 2. The summed E-state index contributed by atoms with van der Waals surface area (Å²) in [5.41, 5.74) is 0.136. The van der Waals surface area contributed by atoms with Gasteiger partial charge in [-0.05, 0) is 53.2 Å². The quantitative estimate of drug-likeness (QED) is 0.508. The van der Waals surface area contributed by atoms with Crippen molar-refractivity contribution in [3.05, 3.63) is 34.4 Å². The minimum Gasteiger partial charge on any atom is -0.478 e. The fraction of sp³-hybridized carbons (Fsp3) is 0.600. The molecule has 28 heavy (non-hydrogen) atoms. The highest BCUT2D eigenvalue weighted by molar-refractivity contribution is 6.03. The van der Waals surface area contributed by atoms with Gasteiger partial charge in [-0.15, -0.1) is 0 Å². The van der Waals surface area contributed by atoms with Crippen LogP contribution in [0.4, 0.5) is 0 Å². The number of ether oxygens (including phenoxy) is 4. The first-order chi connectivity index (χ1) is 13.1. The summed E-state index contributed by atoms with van der Waals surface area (Å²) in [7, 11) is 0. The first kappa shape index (κ1) is 24.0. The second kappa shape index (κ2) is 11.1. The predicted octanol–water partition coefficient (Wildman–Crippen LogP) is 4.00. The largest absolute Gasteiger partial charge is 0.478 e. The van der Waals surface area contributed by atoms with Gasteiger partial charge < -0.3 is 29.2 Å². The van der Waals surface area contributed by atoms with Crippen LogP contribution in [0.3, 0.4) is 0 Å². The highest BCUT2D eigenvalue weighted by Gasteiger charge is 2.29. The number of carboxylic acids is 2. The molecule has 0 aliphatic carbocycles. The van der Waals surface area contributed by atoms with Gasteiger partial charge in [-0.25, -0.2) is 9.59 Å². The molecule has 1 rings (SSSR count). The van der Waals surface area contributed by atoms with Crippen LogP contribution in [0.2, 0.25) is 0 Å². The van der Waals surface area contributed by atoms with E-state index in [9.17, 15) is 19.8 Å². The summed E-state index contributed by atoms with van der Waals surface area (Å²) in [4.78, 5) is 23.5. The number of hydrogen-bond acceptors (Lipinski definition) is 6. The topological polar surface area (TPSA) is 112 Å². The minimum absolute atomic E-state index is 0.246. The Bertz CT molecular complexity index is 672. The third kappa shape index (κ3) is 6.27. The highest BCUT2D eigenvalue weighted by atomic mass is 16.7. The van der Waals surface area contributed by atoms with Gasteiger partial charge in [0.1, 0.15) is 0 Å². The van der Waals surface area contributed by atoms with Crippen molar-refractivity contribution in [2.24, 2.45) is 0 Å². The van der Waals surface area contributed by atoms with Crippen molar-refractivity contribution in [2.75, 3.05) is 13.2 Å². The number of benzene rings is 1. The van der Waals surface area contributed by atoms with Crippen molar-refractivity contribution in [3.63, 3.8) is 0 Å². The minimum atomic E-state index is -1.35. The van der Waals surface area contributed by atoms with Crippen molar-refractivity contribution in [3.8, 4) is 0 Å². The second-order valence-electron chi connectivity index (χ2n) is 6.20. The highest BCUT2D eigenvalue weighted by Crippen LogP contribution is 2.34. The predicted molar refractivity (Wildman–Crippen MR) is 102 cm³/mol. The lowest BCUT2D eigenvalue weighted by Crippen LogP contribution is -2.23. The van der Waals surface area contributed by atoms with Gasteiger partial charge >= 0.3 is 11.9 Å². The van der Waals surface area contributed by atoms with Gasteiger partial charge in [-0.3, -0.25) is 0 Å². The molecule has 1 aromatic carbocycles. The van der Waals surface area contributed by atoms with Crippen LogP contribution in [-0.4, -0.2) is 47.9 Å². The zero-order valence-corrected chi connectivity index (χ0v) is 17.2. The third-order valence-electron chi connectivity index (χ3n) is 4.16. The molecule has 0 radical (unpaired) electrons. The molecule has 0 bridgehead atoms. The second-order valence-corrected chi connectivity index (χ2v) is 6.20. The number of hydrogen-bond donors (Lipinski definition) is 2. The summed E-state index contributed by atoms with van der Waals surface area (Å²) in [6.45, 7) is 11.4. The maximum atomic E-state index is 11.9. The van der Waals surface area contributed by atoms with Gasteiger partial charge in [0, 0.05) is 18.8 Å². The third-order valence-corrected chi connectivity index (χ3v) is 4.16. The van der Waals surface area contributed by atoms with E-state index in [1.807, 2.05) is 13.8 Å². The Morgan fingerprint density at radius 3 is 1.79 bits per heavy atom. The van der Waals surface area contributed by atoms with Crippen LogP contribution >= 0.6 is 0 Å². The molecule has 0 amide bonds. The van der Waals surface area contributed by atoms with Crippen LogP contribution in [0.5, 0.6) is 0 Å². The lowest BCUT2D eigenvalue weighted by molar-refractivity contribution is -0.161. The monoisotopic (exact) mass is 398 g/mol. The molecule has 0 heterocycles. The number of carbonyl (C=O) groups is 2. The molecule has 8 nitrogen and oxygen atoms in total. The summed E-state index contributed by atoms with van der Waals surface area (Å²) in [6.07, 6.45) is -2.40. The van der Waals surface area contributed by atoms with Gasteiger partial charge in [-0.1, -0.05) is 6.07 Å². The van der Waals surface area contributed by atoms with E-state index in [-0.39, 0.29) is 16.7 Å². The van der Waals surface area contributed by atoms with Crippen LogP contribution in [0, 0.1) is 0 Å². The first-order valence-corrected chi connectivity index (χ1v) is 9.31. The summed E-state index contributed by atoms with van der Waals surface area (Å²) >= 11 is 0. The summed E-state index contributed by atoms with van der Waals surface area (Å²) in [6, 6.07) is 2.83. The van der Waals surface area contributed by atoms with Crippen LogP contribution in [0.25, 0.3) is 0 Å². The molecule has 4 unspecified atom stereocenters. The van der Waals surface area contributed by atoms with Gasteiger partial charge in [0.05, 0.1) is 23.3 Å². The molecular weight excluding hydrogens is 368 g/mol. The van der Waals surface area contributed by atoms with E-state index in [1.54, 1.807) is 33.8 Å². The normalized spacial score (nSPS) is 15.6. The van der Waals surface area contributed by atoms with Gasteiger partial charge in [0.2, 0.25) is 0 Å². The molecule has 0 saturated carbocycles. The average Bonchev–Trinajstić information content (AvgIpc) is 2.60. The zero-order chi connectivity index (χ0) is 21.4. The molecule has 8 heteroatoms. The Kier molecular flexibility index (Phi) is 9.54. The van der Waals surface area contributed by atoms with E-state index in [0.29, 0.717) is 18.8 Å². The average molecular weight is 398 g/mol. The molecule has 0 fully saturated rings. The van der Waals surface area contributed by atoms with Gasteiger partial charge in [0.25, 0.3) is 0 Å². The zero-order valence-electron chi connectivity index (χ0n) is 17.2. The first-order valence-electron chi connectivity index (χ1n) is 9.31. The van der Waals surface area contributed by atoms with Crippen molar-refractivity contribution < 1.29 is 38.7 Å². The number of aromatic carboxylic acids is 2. The van der Waals surface area contributed by atoms with E-state index in [4.69, 9.17) is 18.9 Å². The van der Waals surface area contributed by atoms with Crippen molar-refractivity contribution >= 4 is 11.9 Å². The lowest BCUT2D eigenvalue weighted by atomic mass is 9.90. The molecule has 158 valence electrons. The fourth-order valence-corrected chi connectivity index (χ4v) is 3.10. The maximum absolute atomic E-state index is 11.9. The van der Waals surface area contributed by atoms with E-state index in [0.717, 1.165) is 0 Å². The van der Waals surface area contributed by atoms with Crippen LogP contribution < -0.4 is 0 Å². The molecule has 0 saturated heterocycles. The Hall–Kier alpha value is -2.00. The van der Waals surface area contributed by atoms with E-state index in [2.05, 4.69) is 0 Å². The van der Waals surface area contributed by atoms with Crippen LogP contribution in [-0.2, 0) is 18.9 Å². The molecule has 1 aromatic rings. The molecular formula is C20H30O8. The van der Waals surface area contributed by atoms with Crippen LogP contribution in [0.15, 0.2) is 12.1 Å². The maximum Gasteiger partial charge on any atom is 0.336 e. The van der Waals surface area contributed by atoms with Crippen molar-refractivity contribution in [1.29, 1.82) is 0 Å². The van der Waals surface area contributed by atoms with Crippen LogP contribution in [0.1, 0.15) is 85.6 Å². The van der Waals surface area contributed by atoms with Crippen molar-refractivity contribution in [2.45, 2.75) is 66.3 Å². The summed E-state index contributed by atoms with van der Waals surface area (Å²) < 4.78 is 22.3. The summed E-state index contributed by atoms with van der Waals surface area (Å²) in [5.74, 6) is -2.68. The van der Waals surface area contributed by atoms with E-state index >= 15 is 0 Å². The lowest BCUT2D eigenvalue weighted by Gasteiger charge is -2.27. The molecule has 4 atom stereocenters. The Morgan fingerprint density at radius 1 is 0.857 bits per heavy atom. The summed E-state index contributed by atoms with van der Waals surface area (Å²) in [5, 5.41) is 19.2. The molecule has 0 aliphatic heterocycles. The fourth-order valence-electron chi connectivity index (χ4n) is 3.10. The molecule has 0 aromatic heterocycles. The smallest absolute Gasteiger partial charge is 0.336 e. The van der Waals surface area contributed by atoms with E-state index in [1.165, 1.54) is 6.07 Å². The van der Waals surface area contributed by atoms with Gasteiger partial charge in [-0.2, -0.15) is 0 Å². The standard InChI is InChI=1S/C20H30O8/c1-7-25-13(5)27-11(3)15-9-10-16(19(21)22)18(20(23)24)17(15)12(4)28-14(6)26-8-2/h9-14H,7-8H2,1-6H3,(H,21,22)(H,23,24).